The number of aromatic nitrogens is 3. The molecular formula is C15H16F2N4OS. The summed E-state index contributed by atoms with van der Waals surface area (Å²) < 4.78 is 26.7. The van der Waals surface area contributed by atoms with E-state index >= 15 is 0 Å². The van der Waals surface area contributed by atoms with Crippen LogP contribution in [0.25, 0.3) is 10.7 Å². The summed E-state index contributed by atoms with van der Waals surface area (Å²) in [6.07, 6.45) is 9.09. The van der Waals surface area contributed by atoms with Crippen molar-refractivity contribution in [2.45, 2.75) is 32.7 Å². The Bertz CT molecular complexity index is 738. The van der Waals surface area contributed by atoms with Gasteiger partial charge in [0.05, 0.1) is 10.6 Å². The van der Waals surface area contributed by atoms with Crippen LogP contribution in [0.4, 0.5) is 13.9 Å². The van der Waals surface area contributed by atoms with E-state index in [-0.39, 0.29) is 17.6 Å². The molecule has 23 heavy (non-hydrogen) atoms. The van der Waals surface area contributed by atoms with Crippen molar-refractivity contribution < 1.29 is 13.6 Å². The summed E-state index contributed by atoms with van der Waals surface area (Å²) in [4.78, 5) is 20.8. The highest BCUT2D eigenvalue weighted by atomic mass is 32.1. The third-order valence-electron chi connectivity index (χ3n) is 3.68. The second-order valence-corrected chi connectivity index (χ2v) is 6.39. The monoisotopic (exact) mass is 338 g/mol. The summed E-state index contributed by atoms with van der Waals surface area (Å²) >= 11 is 1.16. The number of nitrogens with zero attached hydrogens (tertiary/aromatic N) is 3. The first-order chi connectivity index (χ1) is 11.0. The van der Waals surface area contributed by atoms with E-state index < -0.39 is 6.55 Å². The minimum Gasteiger partial charge on any atom is -0.302 e. The molecule has 0 aromatic carbocycles. The number of carbonyl (C=O) groups is 1. The van der Waals surface area contributed by atoms with Crippen LogP contribution in [-0.2, 0) is 4.79 Å². The minimum atomic E-state index is -2.67. The van der Waals surface area contributed by atoms with E-state index in [1.165, 1.54) is 12.4 Å². The molecule has 1 atom stereocenters. The van der Waals surface area contributed by atoms with Gasteiger partial charge in [-0.05, 0) is 25.7 Å². The number of nitrogens with one attached hydrogen (secondary N) is 1. The standard InChI is InChI=1S/C15H16F2N4OS/c1-9-12(13-18-6-7-21(13)14(16)17)23-15(19-9)20-11(22)8-10-4-2-3-5-10/h2,4,6-7,10,14H,3,5,8H2,1H3,(H,19,20,22). The number of allylic oxidation sites excluding steroid dienone is 2. The van der Waals surface area contributed by atoms with Crippen molar-refractivity contribution in [2.75, 3.05) is 5.32 Å². The number of thiazole rings is 1. The van der Waals surface area contributed by atoms with E-state index in [1.54, 1.807) is 6.92 Å². The predicted octanol–water partition coefficient (Wildman–Crippen LogP) is 4.00. The van der Waals surface area contributed by atoms with Gasteiger partial charge in [0.25, 0.3) is 0 Å². The van der Waals surface area contributed by atoms with Crippen LogP contribution in [-0.4, -0.2) is 20.4 Å². The van der Waals surface area contributed by atoms with Gasteiger partial charge in [0.15, 0.2) is 11.0 Å². The fourth-order valence-corrected chi connectivity index (χ4v) is 3.56. The summed E-state index contributed by atoms with van der Waals surface area (Å²) in [6, 6.07) is 0. The van der Waals surface area contributed by atoms with Crippen LogP contribution < -0.4 is 5.32 Å². The third kappa shape index (κ3) is 3.47. The lowest BCUT2D eigenvalue weighted by Crippen LogP contribution is -2.14. The molecule has 0 saturated heterocycles. The molecule has 1 aliphatic carbocycles. The molecule has 8 heteroatoms. The summed E-state index contributed by atoms with van der Waals surface area (Å²) in [7, 11) is 0. The van der Waals surface area contributed by atoms with Gasteiger partial charge < -0.3 is 5.32 Å². The topological polar surface area (TPSA) is 59.8 Å². The van der Waals surface area contributed by atoms with Gasteiger partial charge in [-0.25, -0.2) is 9.97 Å². The highest BCUT2D eigenvalue weighted by Crippen LogP contribution is 2.33. The molecule has 0 aliphatic heterocycles. The van der Waals surface area contributed by atoms with E-state index in [0.29, 0.717) is 22.1 Å². The third-order valence-corrected chi connectivity index (χ3v) is 4.75. The summed E-state index contributed by atoms with van der Waals surface area (Å²) in [5.41, 5.74) is 0.569. The first kappa shape index (κ1) is 15.8. The fraction of sp³-hybridized carbons (Fsp3) is 0.400. The van der Waals surface area contributed by atoms with Crippen molar-refractivity contribution >= 4 is 22.4 Å². The van der Waals surface area contributed by atoms with Crippen LogP contribution in [0.3, 0.4) is 0 Å². The Morgan fingerprint density at radius 3 is 3.09 bits per heavy atom. The summed E-state index contributed by atoms with van der Waals surface area (Å²) in [6.45, 7) is -0.952. The number of aryl methyl sites for hydroxylation is 1. The van der Waals surface area contributed by atoms with Gasteiger partial charge in [0.2, 0.25) is 5.91 Å². The maximum atomic E-state index is 13.0. The molecule has 2 heterocycles. The Kier molecular flexibility index (Phi) is 4.51. The van der Waals surface area contributed by atoms with Crippen LogP contribution in [0.1, 0.15) is 31.5 Å². The highest BCUT2D eigenvalue weighted by molar-refractivity contribution is 7.19. The molecule has 1 amide bonds. The molecule has 1 unspecified atom stereocenters. The molecule has 2 aromatic rings. The zero-order valence-corrected chi connectivity index (χ0v) is 13.3. The molecule has 0 bridgehead atoms. The SMILES string of the molecule is Cc1nc(NC(=O)CC2C=CCC2)sc1-c1nccn1C(F)F. The molecule has 3 rings (SSSR count). The van der Waals surface area contributed by atoms with Crippen LogP contribution in [0.2, 0.25) is 0 Å². The fourth-order valence-electron chi connectivity index (χ4n) is 2.58. The van der Waals surface area contributed by atoms with Gasteiger partial charge in [0.1, 0.15) is 0 Å². The van der Waals surface area contributed by atoms with Crippen molar-refractivity contribution in [1.29, 1.82) is 0 Å². The van der Waals surface area contributed by atoms with E-state index in [9.17, 15) is 13.6 Å². The number of hydrogen-bond donors (Lipinski definition) is 1. The summed E-state index contributed by atoms with van der Waals surface area (Å²) in [5, 5.41) is 3.16. The van der Waals surface area contributed by atoms with Gasteiger partial charge in [0, 0.05) is 18.8 Å². The Morgan fingerprint density at radius 1 is 1.57 bits per heavy atom. The van der Waals surface area contributed by atoms with Crippen LogP contribution >= 0.6 is 11.3 Å². The normalized spacial score (nSPS) is 17.1. The molecule has 1 aliphatic rings. The zero-order chi connectivity index (χ0) is 16.4. The van der Waals surface area contributed by atoms with E-state index in [1.807, 2.05) is 0 Å². The van der Waals surface area contributed by atoms with Gasteiger partial charge in [-0.3, -0.25) is 9.36 Å². The average Bonchev–Trinajstić information content (AvgIpc) is 3.19. The van der Waals surface area contributed by atoms with E-state index in [2.05, 4.69) is 27.4 Å². The van der Waals surface area contributed by atoms with Crippen LogP contribution in [0, 0.1) is 12.8 Å². The number of anilines is 1. The molecule has 0 saturated carbocycles. The largest absolute Gasteiger partial charge is 0.320 e. The van der Waals surface area contributed by atoms with Crippen molar-refractivity contribution in [3.63, 3.8) is 0 Å². The Balaban J connectivity index is 1.74. The first-order valence-electron chi connectivity index (χ1n) is 7.30. The molecule has 2 aromatic heterocycles. The smallest absolute Gasteiger partial charge is 0.302 e. The predicted molar refractivity (Wildman–Crippen MR) is 84.4 cm³/mol. The Labute approximate surface area is 136 Å². The molecule has 0 fully saturated rings. The van der Waals surface area contributed by atoms with Gasteiger partial charge in [-0.1, -0.05) is 23.5 Å². The number of rotatable bonds is 5. The van der Waals surface area contributed by atoms with Crippen molar-refractivity contribution in [3.8, 4) is 10.7 Å². The number of halogens is 2. The van der Waals surface area contributed by atoms with Crippen molar-refractivity contribution in [2.24, 2.45) is 5.92 Å². The average molecular weight is 338 g/mol. The molecule has 122 valence electrons. The zero-order valence-electron chi connectivity index (χ0n) is 12.5. The van der Waals surface area contributed by atoms with Gasteiger partial charge >= 0.3 is 6.55 Å². The molecule has 0 spiro atoms. The lowest BCUT2D eigenvalue weighted by molar-refractivity contribution is -0.116. The van der Waals surface area contributed by atoms with Crippen LogP contribution in [0.15, 0.2) is 24.5 Å². The lowest BCUT2D eigenvalue weighted by Gasteiger charge is -2.06. The second kappa shape index (κ2) is 6.57. The molecule has 1 N–H and O–H groups in total. The maximum absolute atomic E-state index is 13.0. The minimum absolute atomic E-state index is 0.112. The number of hydrogen-bond acceptors (Lipinski definition) is 4. The quantitative estimate of drug-likeness (QED) is 0.838. The van der Waals surface area contributed by atoms with E-state index in [4.69, 9.17) is 0 Å². The number of imidazole rings is 1. The highest BCUT2D eigenvalue weighted by Gasteiger charge is 2.20. The molecular weight excluding hydrogens is 322 g/mol. The van der Waals surface area contributed by atoms with Gasteiger partial charge in [-0.2, -0.15) is 8.78 Å². The van der Waals surface area contributed by atoms with Crippen LogP contribution in [0.5, 0.6) is 0 Å². The second-order valence-electron chi connectivity index (χ2n) is 5.39. The first-order valence-corrected chi connectivity index (χ1v) is 8.11. The lowest BCUT2D eigenvalue weighted by atomic mass is 10.1. The number of carbonyl (C=O) groups excluding carboxylic acids is 1. The Hall–Kier alpha value is -2.09. The molecule has 5 nitrogen and oxygen atoms in total. The maximum Gasteiger partial charge on any atom is 0.320 e. The van der Waals surface area contributed by atoms with Gasteiger partial charge in [-0.15, -0.1) is 0 Å². The van der Waals surface area contributed by atoms with Crippen molar-refractivity contribution in [3.05, 3.63) is 30.2 Å². The van der Waals surface area contributed by atoms with E-state index in [0.717, 1.165) is 28.7 Å². The molecule has 0 radical (unpaired) electrons. The number of amides is 1. The Morgan fingerprint density at radius 2 is 2.39 bits per heavy atom. The number of alkyl halides is 2. The van der Waals surface area contributed by atoms with Crippen molar-refractivity contribution in [1.82, 2.24) is 14.5 Å². The summed E-state index contributed by atoms with van der Waals surface area (Å²) in [5.74, 6) is 0.321.